The highest BCUT2D eigenvalue weighted by Gasteiger charge is 2.33. The summed E-state index contributed by atoms with van der Waals surface area (Å²) < 4.78 is 42.2. The first-order valence-electron chi connectivity index (χ1n) is 6.14. The molecule has 0 heterocycles. The van der Waals surface area contributed by atoms with E-state index < -0.39 is 40.8 Å². The van der Waals surface area contributed by atoms with Gasteiger partial charge in [0.25, 0.3) is 5.69 Å². The first-order chi connectivity index (χ1) is 10.6. The fraction of sp³-hybridized carbons (Fsp3) is 0.333. The summed E-state index contributed by atoms with van der Waals surface area (Å²) in [5.74, 6) is -1.52. The van der Waals surface area contributed by atoms with Crippen LogP contribution in [0, 0.1) is 10.1 Å². The molecular formula is C12H12F3N3O5. The molecule has 0 bridgehead atoms. The molecule has 0 aromatic heterocycles. The average Bonchev–Trinajstić information content (AvgIpc) is 2.43. The van der Waals surface area contributed by atoms with Crippen molar-refractivity contribution in [3.05, 3.63) is 33.9 Å². The second-order valence-corrected chi connectivity index (χ2v) is 4.28. The highest BCUT2D eigenvalue weighted by molar-refractivity contribution is 5.78. The van der Waals surface area contributed by atoms with Gasteiger partial charge in [-0.2, -0.15) is 13.2 Å². The number of anilines is 1. The van der Waals surface area contributed by atoms with Crippen LogP contribution < -0.4 is 11.1 Å². The Morgan fingerprint density at radius 1 is 1.35 bits per heavy atom. The van der Waals surface area contributed by atoms with Crippen molar-refractivity contribution in [1.29, 1.82) is 0 Å². The number of alkyl halides is 3. The number of benzene rings is 1. The highest BCUT2D eigenvalue weighted by Crippen LogP contribution is 2.34. The predicted octanol–water partition coefficient (Wildman–Crippen LogP) is 1.44. The maximum Gasteiger partial charge on any atom is 0.416 e. The maximum absolute atomic E-state index is 12.5. The summed E-state index contributed by atoms with van der Waals surface area (Å²) in [4.78, 5) is 31.6. The van der Waals surface area contributed by atoms with Crippen molar-refractivity contribution in [1.82, 2.24) is 0 Å². The zero-order chi connectivity index (χ0) is 17.6. The molecule has 3 N–H and O–H groups in total. The zero-order valence-electron chi connectivity index (χ0n) is 11.6. The van der Waals surface area contributed by atoms with Gasteiger partial charge in [0.2, 0.25) is 5.91 Å². The van der Waals surface area contributed by atoms with Gasteiger partial charge in [0.15, 0.2) is 0 Å². The molecule has 0 unspecified atom stereocenters. The van der Waals surface area contributed by atoms with Gasteiger partial charge in [0.05, 0.1) is 16.9 Å². The Bertz CT molecular complexity index is 618. The molecule has 0 radical (unpaired) electrons. The molecule has 0 atom stereocenters. The topological polar surface area (TPSA) is 125 Å². The number of nitro groups is 1. The van der Waals surface area contributed by atoms with Crippen LogP contribution in [0.5, 0.6) is 0 Å². The fourth-order valence-electron chi connectivity index (χ4n) is 1.49. The molecule has 1 rings (SSSR count). The van der Waals surface area contributed by atoms with Crippen LogP contribution in [-0.4, -0.2) is 30.0 Å². The lowest BCUT2D eigenvalue weighted by molar-refractivity contribution is -0.384. The van der Waals surface area contributed by atoms with Gasteiger partial charge in [0, 0.05) is 6.07 Å². The Balaban J connectivity index is 2.75. The third kappa shape index (κ3) is 5.80. The third-order valence-electron chi connectivity index (χ3n) is 2.56. The second kappa shape index (κ2) is 7.42. The standard InChI is InChI=1S/C12H12F3N3O5/c13-12(14,15)7-1-2-8(9(5-7)18(21)22)17-6-11(20)23-4-3-10(16)19/h1-2,5,17H,3-4,6H2,(H2,16,19). The number of nitrogens with two attached hydrogens (primary N) is 1. The number of halogens is 3. The number of nitrogens with zero attached hydrogens (tertiary/aromatic N) is 1. The van der Waals surface area contributed by atoms with Crippen LogP contribution in [-0.2, 0) is 20.5 Å². The number of amides is 1. The van der Waals surface area contributed by atoms with E-state index in [9.17, 15) is 32.9 Å². The molecule has 1 aromatic rings. The van der Waals surface area contributed by atoms with Gasteiger partial charge in [0.1, 0.15) is 18.8 Å². The molecule has 0 saturated carbocycles. The first kappa shape index (κ1) is 18.2. The summed E-state index contributed by atoms with van der Waals surface area (Å²) in [6.45, 7) is -0.782. The lowest BCUT2D eigenvalue weighted by atomic mass is 10.1. The molecule has 11 heteroatoms. The Labute approximate surface area is 127 Å². The number of carbonyl (C=O) groups excluding carboxylic acids is 2. The Morgan fingerprint density at radius 3 is 2.52 bits per heavy atom. The lowest BCUT2D eigenvalue weighted by Gasteiger charge is -2.10. The number of primary amides is 1. The minimum Gasteiger partial charge on any atom is -0.464 e. The molecule has 0 saturated heterocycles. The van der Waals surface area contributed by atoms with Gasteiger partial charge in [-0.3, -0.25) is 19.7 Å². The number of hydrogen-bond donors (Lipinski definition) is 2. The molecule has 1 aromatic carbocycles. The number of esters is 1. The zero-order valence-corrected chi connectivity index (χ0v) is 11.6. The van der Waals surface area contributed by atoms with E-state index in [0.29, 0.717) is 12.1 Å². The van der Waals surface area contributed by atoms with E-state index in [1.54, 1.807) is 0 Å². The van der Waals surface area contributed by atoms with Gasteiger partial charge in [-0.1, -0.05) is 0 Å². The Hall–Kier alpha value is -2.85. The average molecular weight is 335 g/mol. The molecule has 8 nitrogen and oxygen atoms in total. The summed E-state index contributed by atoms with van der Waals surface area (Å²) >= 11 is 0. The van der Waals surface area contributed by atoms with Crippen molar-refractivity contribution >= 4 is 23.3 Å². The fourth-order valence-corrected chi connectivity index (χ4v) is 1.49. The Morgan fingerprint density at radius 2 is 2.00 bits per heavy atom. The van der Waals surface area contributed by atoms with Crippen molar-refractivity contribution in [2.75, 3.05) is 18.5 Å². The Kier molecular flexibility index (Phi) is 5.87. The minimum absolute atomic E-state index is 0.188. The molecule has 0 fully saturated rings. The minimum atomic E-state index is -4.73. The number of nitro benzene ring substituents is 1. The summed E-state index contributed by atoms with van der Waals surface area (Å²) in [7, 11) is 0. The SMILES string of the molecule is NC(=O)CCOC(=O)CNc1ccc(C(F)(F)F)cc1[N+](=O)[O-]. The molecule has 1 amide bonds. The van der Waals surface area contributed by atoms with Crippen molar-refractivity contribution in [3.8, 4) is 0 Å². The van der Waals surface area contributed by atoms with Crippen LogP contribution in [0.1, 0.15) is 12.0 Å². The van der Waals surface area contributed by atoms with Crippen molar-refractivity contribution in [3.63, 3.8) is 0 Å². The molecule has 126 valence electrons. The highest BCUT2D eigenvalue weighted by atomic mass is 19.4. The number of carbonyl (C=O) groups is 2. The quantitative estimate of drug-likeness (QED) is 0.441. The second-order valence-electron chi connectivity index (χ2n) is 4.28. The van der Waals surface area contributed by atoms with Crippen LogP contribution in [0.4, 0.5) is 24.5 Å². The van der Waals surface area contributed by atoms with E-state index in [2.05, 4.69) is 10.1 Å². The number of hydrogen-bond acceptors (Lipinski definition) is 6. The van der Waals surface area contributed by atoms with Crippen molar-refractivity contribution in [2.45, 2.75) is 12.6 Å². The van der Waals surface area contributed by atoms with Gasteiger partial charge in [-0.25, -0.2) is 0 Å². The van der Waals surface area contributed by atoms with E-state index >= 15 is 0 Å². The molecule has 0 aliphatic rings. The lowest BCUT2D eigenvalue weighted by Crippen LogP contribution is -2.20. The van der Waals surface area contributed by atoms with Crippen LogP contribution in [0.3, 0.4) is 0 Å². The van der Waals surface area contributed by atoms with Crippen LogP contribution in [0.25, 0.3) is 0 Å². The van der Waals surface area contributed by atoms with Crippen molar-refractivity contribution < 1.29 is 32.4 Å². The van der Waals surface area contributed by atoms with Crippen molar-refractivity contribution in [2.24, 2.45) is 5.73 Å². The van der Waals surface area contributed by atoms with E-state index in [1.807, 2.05) is 0 Å². The van der Waals surface area contributed by atoms with Crippen LogP contribution in [0.2, 0.25) is 0 Å². The van der Waals surface area contributed by atoms with Gasteiger partial charge < -0.3 is 15.8 Å². The number of rotatable bonds is 7. The monoisotopic (exact) mass is 335 g/mol. The van der Waals surface area contributed by atoms with E-state index in [-0.39, 0.29) is 18.7 Å². The van der Waals surface area contributed by atoms with Gasteiger partial charge in [-0.15, -0.1) is 0 Å². The summed E-state index contributed by atoms with van der Waals surface area (Å²) in [6.07, 6.45) is -4.91. The summed E-state index contributed by atoms with van der Waals surface area (Å²) in [5.41, 5.74) is 2.55. The van der Waals surface area contributed by atoms with Crippen LogP contribution >= 0.6 is 0 Å². The summed E-state index contributed by atoms with van der Waals surface area (Å²) in [6, 6.07) is 1.85. The first-order valence-corrected chi connectivity index (χ1v) is 6.14. The van der Waals surface area contributed by atoms with E-state index in [0.717, 1.165) is 6.07 Å². The van der Waals surface area contributed by atoms with Crippen LogP contribution in [0.15, 0.2) is 18.2 Å². The third-order valence-corrected chi connectivity index (χ3v) is 2.56. The summed E-state index contributed by atoms with van der Waals surface area (Å²) in [5, 5.41) is 13.1. The molecule has 0 spiro atoms. The maximum atomic E-state index is 12.5. The molecular weight excluding hydrogens is 323 g/mol. The molecule has 23 heavy (non-hydrogen) atoms. The number of nitrogens with one attached hydrogen (secondary N) is 1. The number of ether oxygens (including phenoxy) is 1. The molecule has 0 aliphatic carbocycles. The van der Waals surface area contributed by atoms with E-state index in [1.165, 1.54) is 0 Å². The normalized spacial score (nSPS) is 10.9. The predicted molar refractivity (Wildman–Crippen MR) is 71.4 cm³/mol. The van der Waals surface area contributed by atoms with E-state index in [4.69, 9.17) is 5.73 Å². The largest absolute Gasteiger partial charge is 0.464 e. The molecule has 0 aliphatic heterocycles. The van der Waals surface area contributed by atoms with Gasteiger partial charge in [-0.05, 0) is 12.1 Å². The smallest absolute Gasteiger partial charge is 0.416 e. The van der Waals surface area contributed by atoms with Gasteiger partial charge >= 0.3 is 12.1 Å².